The van der Waals surface area contributed by atoms with Gasteiger partial charge in [-0.1, -0.05) is 13.8 Å². The SMILES string of the molecule is CCN(CC)CCn1cnc2c1C(=O)C(C)C(=O)N2C. The summed E-state index contributed by atoms with van der Waals surface area (Å²) in [5.74, 6) is -0.439. The maximum Gasteiger partial charge on any atom is 0.238 e. The van der Waals surface area contributed by atoms with Gasteiger partial charge in [0.25, 0.3) is 0 Å². The Balaban J connectivity index is 2.25. The van der Waals surface area contributed by atoms with E-state index in [1.54, 1.807) is 20.3 Å². The summed E-state index contributed by atoms with van der Waals surface area (Å²) in [5, 5.41) is 0. The number of hydrogen-bond acceptors (Lipinski definition) is 4. The first-order valence-electron chi connectivity index (χ1n) is 7.10. The highest BCUT2D eigenvalue weighted by molar-refractivity contribution is 6.19. The van der Waals surface area contributed by atoms with Crippen LogP contribution < -0.4 is 4.90 Å². The normalized spacial score (nSPS) is 18.9. The summed E-state index contributed by atoms with van der Waals surface area (Å²) >= 11 is 0. The molecule has 0 fully saturated rings. The Labute approximate surface area is 119 Å². The van der Waals surface area contributed by atoms with Gasteiger partial charge in [0.2, 0.25) is 5.91 Å². The van der Waals surface area contributed by atoms with E-state index in [9.17, 15) is 9.59 Å². The van der Waals surface area contributed by atoms with Crippen LogP contribution in [0.4, 0.5) is 5.82 Å². The second-order valence-electron chi connectivity index (χ2n) is 5.12. The molecule has 0 radical (unpaired) electrons. The lowest BCUT2D eigenvalue weighted by atomic mass is 9.98. The van der Waals surface area contributed by atoms with Gasteiger partial charge >= 0.3 is 0 Å². The van der Waals surface area contributed by atoms with E-state index >= 15 is 0 Å². The molecule has 1 unspecified atom stereocenters. The fourth-order valence-corrected chi connectivity index (χ4v) is 2.54. The zero-order valence-electron chi connectivity index (χ0n) is 12.6. The zero-order chi connectivity index (χ0) is 14.9. The van der Waals surface area contributed by atoms with Gasteiger partial charge in [-0.05, 0) is 20.0 Å². The van der Waals surface area contributed by atoms with Gasteiger partial charge in [0.15, 0.2) is 11.6 Å². The Morgan fingerprint density at radius 2 is 1.95 bits per heavy atom. The predicted octanol–water partition coefficient (Wildman–Crippen LogP) is 1.02. The molecule has 0 aliphatic carbocycles. The number of ketones is 1. The Bertz CT molecular complexity index is 519. The van der Waals surface area contributed by atoms with Crippen molar-refractivity contribution in [2.75, 3.05) is 31.6 Å². The van der Waals surface area contributed by atoms with E-state index in [1.807, 2.05) is 4.57 Å². The summed E-state index contributed by atoms with van der Waals surface area (Å²) < 4.78 is 1.87. The topological polar surface area (TPSA) is 58.4 Å². The van der Waals surface area contributed by atoms with Crippen LogP contribution in [0.3, 0.4) is 0 Å². The number of carbonyl (C=O) groups is 2. The molecule has 1 aromatic rings. The van der Waals surface area contributed by atoms with Crippen molar-refractivity contribution in [3.05, 3.63) is 12.0 Å². The van der Waals surface area contributed by atoms with E-state index in [0.717, 1.165) is 19.6 Å². The molecule has 0 spiro atoms. The highest BCUT2D eigenvalue weighted by atomic mass is 16.2. The monoisotopic (exact) mass is 278 g/mol. The van der Waals surface area contributed by atoms with Crippen LogP contribution in [0.2, 0.25) is 0 Å². The fourth-order valence-electron chi connectivity index (χ4n) is 2.54. The second-order valence-corrected chi connectivity index (χ2v) is 5.12. The molecule has 1 aliphatic rings. The second kappa shape index (κ2) is 5.75. The molecule has 1 aliphatic heterocycles. The molecule has 1 aromatic heterocycles. The number of carbonyl (C=O) groups excluding carboxylic acids is 2. The van der Waals surface area contributed by atoms with Gasteiger partial charge in [-0.3, -0.25) is 14.5 Å². The van der Waals surface area contributed by atoms with Crippen LogP contribution >= 0.6 is 0 Å². The molecule has 0 aromatic carbocycles. The molecule has 6 nitrogen and oxygen atoms in total. The van der Waals surface area contributed by atoms with Crippen LogP contribution in [0.25, 0.3) is 0 Å². The van der Waals surface area contributed by atoms with E-state index in [4.69, 9.17) is 0 Å². The Morgan fingerprint density at radius 1 is 1.30 bits per heavy atom. The number of aromatic nitrogens is 2. The van der Waals surface area contributed by atoms with Gasteiger partial charge in [0, 0.05) is 20.1 Å². The number of Topliss-reactive ketones (excluding diaryl/α,β-unsaturated/α-hetero) is 1. The van der Waals surface area contributed by atoms with Gasteiger partial charge in [-0.2, -0.15) is 0 Å². The number of anilines is 1. The molecule has 0 N–H and O–H groups in total. The van der Waals surface area contributed by atoms with E-state index < -0.39 is 5.92 Å². The average Bonchev–Trinajstić information content (AvgIpc) is 2.88. The van der Waals surface area contributed by atoms with Crippen LogP contribution in [-0.4, -0.2) is 52.8 Å². The molecule has 0 saturated heterocycles. The van der Waals surface area contributed by atoms with Crippen LogP contribution in [-0.2, 0) is 11.3 Å². The van der Waals surface area contributed by atoms with Crippen molar-refractivity contribution in [1.82, 2.24) is 14.5 Å². The standard InChI is InChI=1S/C14H22N4O2/c1-5-17(6-2)7-8-18-9-15-13-11(18)12(19)10(3)14(20)16(13)4/h9-10H,5-8H2,1-4H3. The molecule has 1 atom stereocenters. The molecule has 6 heteroatoms. The van der Waals surface area contributed by atoms with Gasteiger partial charge in [-0.25, -0.2) is 4.98 Å². The largest absolute Gasteiger partial charge is 0.325 e. The zero-order valence-corrected chi connectivity index (χ0v) is 12.6. The third-order valence-corrected chi connectivity index (χ3v) is 4.02. The van der Waals surface area contributed by atoms with E-state index in [2.05, 4.69) is 23.7 Å². The van der Waals surface area contributed by atoms with E-state index in [1.165, 1.54) is 4.90 Å². The Hall–Kier alpha value is -1.69. The first-order valence-corrected chi connectivity index (χ1v) is 7.10. The fraction of sp³-hybridized carbons (Fsp3) is 0.643. The highest BCUT2D eigenvalue weighted by Crippen LogP contribution is 2.28. The number of fused-ring (bicyclic) bond motifs is 1. The molecule has 2 rings (SSSR count). The van der Waals surface area contributed by atoms with Gasteiger partial charge in [-0.15, -0.1) is 0 Å². The molecule has 110 valence electrons. The van der Waals surface area contributed by atoms with Crippen molar-refractivity contribution in [2.45, 2.75) is 27.3 Å². The first kappa shape index (κ1) is 14.7. The van der Waals surface area contributed by atoms with Crippen molar-refractivity contribution in [3.8, 4) is 0 Å². The summed E-state index contributed by atoms with van der Waals surface area (Å²) in [7, 11) is 1.67. The molecule has 2 heterocycles. The van der Waals surface area contributed by atoms with Crippen LogP contribution in [0.5, 0.6) is 0 Å². The van der Waals surface area contributed by atoms with Crippen molar-refractivity contribution in [2.24, 2.45) is 5.92 Å². The van der Waals surface area contributed by atoms with Crippen LogP contribution in [0.15, 0.2) is 6.33 Å². The summed E-state index contributed by atoms with van der Waals surface area (Å²) in [4.78, 5) is 32.2. The molecule has 0 bridgehead atoms. The minimum absolute atomic E-state index is 0.125. The minimum atomic E-state index is -0.614. The molecule has 0 saturated carbocycles. The highest BCUT2D eigenvalue weighted by Gasteiger charge is 2.38. The van der Waals surface area contributed by atoms with Crippen LogP contribution in [0, 0.1) is 5.92 Å². The lowest BCUT2D eigenvalue weighted by molar-refractivity contribution is -0.120. The first-order chi connectivity index (χ1) is 9.51. The number of nitrogens with zero attached hydrogens (tertiary/aromatic N) is 4. The quantitative estimate of drug-likeness (QED) is 0.755. The number of imidazole rings is 1. The summed E-state index contributed by atoms with van der Waals surface area (Å²) in [5.41, 5.74) is 0.562. The van der Waals surface area contributed by atoms with Crippen molar-refractivity contribution < 1.29 is 9.59 Å². The summed E-state index contributed by atoms with van der Waals surface area (Å²) in [6.07, 6.45) is 1.66. The third-order valence-electron chi connectivity index (χ3n) is 4.02. The minimum Gasteiger partial charge on any atom is -0.325 e. The smallest absolute Gasteiger partial charge is 0.238 e. The lowest BCUT2D eigenvalue weighted by Gasteiger charge is -2.26. The molecular weight excluding hydrogens is 256 g/mol. The van der Waals surface area contributed by atoms with Gasteiger partial charge < -0.3 is 9.47 Å². The summed E-state index contributed by atoms with van der Waals surface area (Å²) in [6.45, 7) is 9.44. The molecular formula is C14H22N4O2. The van der Waals surface area contributed by atoms with Crippen LogP contribution in [0.1, 0.15) is 31.3 Å². The maximum absolute atomic E-state index is 12.3. The predicted molar refractivity (Wildman–Crippen MR) is 76.9 cm³/mol. The van der Waals surface area contributed by atoms with E-state index in [-0.39, 0.29) is 11.7 Å². The van der Waals surface area contributed by atoms with Crippen molar-refractivity contribution >= 4 is 17.5 Å². The van der Waals surface area contributed by atoms with Gasteiger partial charge in [0.1, 0.15) is 11.6 Å². The number of hydrogen-bond donors (Lipinski definition) is 0. The Kier molecular flexibility index (Phi) is 4.23. The van der Waals surface area contributed by atoms with Crippen molar-refractivity contribution in [3.63, 3.8) is 0 Å². The van der Waals surface area contributed by atoms with Crippen molar-refractivity contribution in [1.29, 1.82) is 0 Å². The number of amides is 1. The number of likely N-dealkylation sites (N-methyl/N-ethyl adjacent to an activating group) is 1. The van der Waals surface area contributed by atoms with E-state index in [0.29, 0.717) is 18.1 Å². The molecule has 1 amide bonds. The Morgan fingerprint density at radius 3 is 2.55 bits per heavy atom. The summed E-state index contributed by atoms with van der Waals surface area (Å²) in [6, 6.07) is 0. The molecule has 20 heavy (non-hydrogen) atoms. The lowest BCUT2D eigenvalue weighted by Crippen LogP contribution is -2.42. The third kappa shape index (κ3) is 2.35. The maximum atomic E-state index is 12.3. The number of rotatable bonds is 5. The average molecular weight is 278 g/mol. The van der Waals surface area contributed by atoms with Gasteiger partial charge in [0.05, 0.1) is 6.33 Å².